The third-order valence-corrected chi connectivity index (χ3v) is 9.28. The molecule has 5 rings (SSSR count). The summed E-state index contributed by atoms with van der Waals surface area (Å²) in [6.07, 6.45) is 7.64. The van der Waals surface area contributed by atoms with Crippen molar-refractivity contribution >= 4 is 23.2 Å². The number of nitrogens with two attached hydrogens (primary N) is 1. The second-order valence-electron chi connectivity index (χ2n) is 12.1. The maximum Gasteiger partial charge on any atom is 0.255 e. The molecule has 216 valence electrons. The lowest BCUT2D eigenvalue weighted by Gasteiger charge is -2.46. The number of allylic oxidation sites excluding steroid dienone is 2. The first-order chi connectivity index (χ1) is 19.0. The lowest BCUT2D eigenvalue weighted by Crippen LogP contribution is -2.57. The van der Waals surface area contributed by atoms with Crippen LogP contribution in [0.2, 0.25) is 0 Å². The van der Waals surface area contributed by atoms with Gasteiger partial charge in [-0.25, -0.2) is 0 Å². The fourth-order valence-electron chi connectivity index (χ4n) is 7.41. The lowest BCUT2D eigenvalue weighted by molar-refractivity contribution is -0.144. The molecule has 1 aromatic carbocycles. The van der Waals surface area contributed by atoms with Crippen LogP contribution in [0.4, 0.5) is 5.69 Å². The summed E-state index contributed by atoms with van der Waals surface area (Å²) in [5.74, 6) is -5.59. The van der Waals surface area contributed by atoms with Gasteiger partial charge in [0.25, 0.3) is 5.91 Å². The number of anilines is 1. The molecule has 1 fully saturated rings. The van der Waals surface area contributed by atoms with Gasteiger partial charge in [0.1, 0.15) is 22.8 Å². The van der Waals surface area contributed by atoms with Crippen molar-refractivity contribution in [2.45, 2.75) is 69.9 Å². The van der Waals surface area contributed by atoms with E-state index in [2.05, 4.69) is 5.32 Å². The molecule has 10 nitrogen and oxygen atoms in total. The number of carbonyl (C=O) groups excluding carboxylic acids is 3. The molecule has 7 N–H and O–H groups in total. The molecule has 1 saturated carbocycles. The number of fused-ring (bicyclic) bond motifs is 3. The SMILES string of the molecule is CN(C)c1c(CNCC2CCCCCC2)cc(O)c2c1CC1C[C@H]3CC(O)=C(C(N)=O)C(=O)[C@@]3(O)C(O)=C1C2=O. The Kier molecular flexibility index (Phi) is 7.43. The zero-order chi connectivity index (χ0) is 28.9. The van der Waals surface area contributed by atoms with Gasteiger partial charge >= 0.3 is 0 Å². The fourth-order valence-corrected chi connectivity index (χ4v) is 7.41. The number of rotatable bonds is 6. The van der Waals surface area contributed by atoms with Crippen molar-refractivity contribution in [2.24, 2.45) is 23.5 Å². The zero-order valence-corrected chi connectivity index (χ0v) is 23.1. The second kappa shape index (κ2) is 10.6. The number of benzene rings is 1. The van der Waals surface area contributed by atoms with Gasteiger partial charge in [-0.1, -0.05) is 25.7 Å². The summed E-state index contributed by atoms with van der Waals surface area (Å²) in [6, 6.07) is 1.57. The number of amides is 1. The molecule has 0 heterocycles. The highest BCUT2D eigenvalue weighted by Crippen LogP contribution is 2.52. The molecule has 1 amide bonds. The predicted octanol–water partition coefficient (Wildman–Crippen LogP) is 2.71. The summed E-state index contributed by atoms with van der Waals surface area (Å²) >= 11 is 0. The Bertz CT molecular complexity index is 1320. The fraction of sp³-hybridized carbons (Fsp3) is 0.567. The summed E-state index contributed by atoms with van der Waals surface area (Å²) in [5, 5.41) is 47.6. The molecular weight excluding hydrogens is 514 g/mol. The van der Waals surface area contributed by atoms with E-state index in [4.69, 9.17) is 5.73 Å². The summed E-state index contributed by atoms with van der Waals surface area (Å²) < 4.78 is 0. The van der Waals surface area contributed by atoms with E-state index in [9.17, 15) is 34.8 Å². The molecule has 1 aromatic rings. The van der Waals surface area contributed by atoms with Crippen LogP contribution in [0.5, 0.6) is 5.75 Å². The van der Waals surface area contributed by atoms with Crippen molar-refractivity contribution in [3.63, 3.8) is 0 Å². The van der Waals surface area contributed by atoms with Crippen molar-refractivity contribution < 1.29 is 34.8 Å². The Morgan fingerprint density at radius 3 is 2.40 bits per heavy atom. The molecule has 0 spiro atoms. The van der Waals surface area contributed by atoms with Crippen molar-refractivity contribution in [3.8, 4) is 5.75 Å². The highest BCUT2D eigenvalue weighted by Gasteiger charge is 2.59. The minimum absolute atomic E-state index is 0.0350. The van der Waals surface area contributed by atoms with Crippen LogP contribution in [0.1, 0.15) is 72.9 Å². The van der Waals surface area contributed by atoms with Crippen LogP contribution in [-0.2, 0) is 22.6 Å². The number of phenolic OH excluding ortho intramolecular Hbond substituents is 1. The summed E-state index contributed by atoms with van der Waals surface area (Å²) in [4.78, 5) is 40.7. The Hall–Kier alpha value is -3.37. The van der Waals surface area contributed by atoms with Crippen molar-refractivity contribution in [1.82, 2.24) is 5.32 Å². The Labute approximate surface area is 233 Å². The molecule has 4 aliphatic rings. The van der Waals surface area contributed by atoms with Crippen LogP contribution in [0.25, 0.3) is 0 Å². The first-order valence-corrected chi connectivity index (χ1v) is 14.2. The summed E-state index contributed by atoms with van der Waals surface area (Å²) in [5.41, 5.74) is 4.13. The number of aromatic hydroxyl groups is 1. The average molecular weight is 554 g/mol. The van der Waals surface area contributed by atoms with Crippen LogP contribution < -0.4 is 16.0 Å². The van der Waals surface area contributed by atoms with E-state index in [1.165, 1.54) is 38.5 Å². The van der Waals surface area contributed by atoms with Crippen LogP contribution in [0.3, 0.4) is 0 Å². The molecule has 0 bridgehead atoms. The quantitative estimate of drug-likeness (QED) is 0.229. The molecule has 1 unspecified atom stereocenters. The van der Waals surface area contributed by atoms with Crippen molar-refractivity contribution in [1.29, 1.82) is 0 Å². The molecule has 10 heteroatoms. The third-order valence-electron chi connectivity index (χ3n) is 9.28. The van der Waals surface area contributed by atoms with Crippen LogP contribution in [0.15, 0.2) is 28.7 Å². The molecule has 0 aromatic heterocycles. The maximum atomic E-state index is 13.8. The van der Waals surface area contributed by atoms with Crippen LogP contribution in [-0.4, -0.2) is 64.1 Å². The van der Waals surface area contributed by atoms with Crippen molar-refractivity contribution in [3.05, 3.63) is 45.4 Å². The highest BCUT2D eigenvalue weighted by atomic mass is 16.3. The largest absolute Gasteiger partial charge is 0.511 e. The van der Waals surface area contributed by atoms with Gasteiger partial charge in [-0.2, -0.15) is 0 Å². The summed E-state index contributed by atoms with van der Waals surface area (Å²) in [7, 11) is 3.75. The van der Waals surface area contributed by atoms with Gasteiger partial charge in [0.2, 0.25) is 5.78 Å². The molecular formula is C30H39N3O7. The lowest BCUT2D eigenvalue weighted by atomic mass is 9.60. The molecule has 3 atom stereocenters. The first-order valence-electron chi connectivity index (χ1n) is 14.2. The molecule has 0 radical (unpaired) electrons. The van der Waals surface area contributed by atoms with Crippen LogP contribution in [0, 0.1) is 17.8 Å². The molecule has 0 saturated heterocycles. The monoisotopic (exact) mass is 553 g/mol. The van der Waals surface area contributed by atoms with Gasteiger partial charge in [0, 0.05) is 44.2 Å². The number of nitrogens with zero attached hydrogens (tertiary/aromatic N) is 1. The number of phenols is 1. The number of aliphatic hydroxyl groups excluding tert-OH is 2. The minimum atomic E-state index is -2.56. The van der Waals surface area contributed by atoms with E-state index >= 15 is 0 Å². The smallest absolute Gasteiger partial charge is 0.255 e. The Morgan fingerprint density at radius 2 is 1.77 bits per heavy atom. The van der Waals surface area contributed by atoms with Crippen molar-refractivity contribution in [2.75, 3.05) is 25.5 Å². The van der Waals surface area contributed by atoms with E-state index in [0.29, 0.717) is 18.0 Å². The summed E-state index contributed by atoms with van der Waals surface area (Å²) in [6.45, 7) is 1.40. The zero-order valence-electron chi connectivity index (χ0n) is 23.1. The van der Waals surface area contributed by atoms with E-state index < -0.39 is 52.0 Å². The Balaban J connectivity index is 1.51. The predicted molar refractivity (Wildman–Crippen MR) is 148 cm³/mol. The number of aliphatic hydroxyl groups is 3. The number of hydrogen-bond acceptors (Lipinski definition) is 9. The van der Waals surface area contributed by atoms with Gasteiger partial charge in [0.15, 0.2) is 11.4 Å². The standard InChI is InChI=1S/C30H39N3O7/c1-33(2)25-17(14-32-13-15-7-5-3-4-6-8-15)11-20(34)23-19(25)10-16-9-18-12-21(35)24(29(31)39)28(38)30(18,40)27(37)22(16)26(23)36/h11,15-16,18,32,34-35,37,40H,3-10,12-14H2,1-2H3,(H2,31,39)/t16?,18-,30-/m0/s1. The van der Waals surface area contributed by atoms with Gasteiger partial charge in [-0.15, -0.1) is 0 Å². The molecule has 40 heavy (non-hydrogen) atoms. The second-order valence-corrected chi connectivity index (χ2v) is 12.1. The normalized spacial score (nSPS) is 27.2. The van der Waals surface area contributed by atoms with E-state index in [-0.39, 0.29) is 36.1 Å². The number of nitrogens with one attached hydrogen (secondary N) is 1. The molecule has 4 aliphatic carbocycles. The van der Waals surface area contributed by atoms with E-state index in [1.54, 1.807) is 6.07 Å². The highest BCUT2D eigenvalue weighted by molar-refractivity contribution is 6.24. The first kappa shape index (κ1) is 28.2. The number of ketones is 2. The number of primary amides is 1. The van der Waals surface area contributed by atoms with Gasteiger partial charge in [0.05, 0.1) is 5.56 Å². The van der Waals surface area contributed by atoms with E-state index in [0.717, 1.165) is 17.8 Å². The average Bonchev–Trinajstić information content (AvgIpc) is 3.14. The maximum absolute atomic E-state index is 13.8. The molecule has 0 aliphatic heterocycles. The van der Waals surface area contributed by atoms with Gasteiger partial charge < -0.3 is 36.4 Å². The number of Topliss-reactive ketones (excluding diaryl/α,β-unsaturated/α-hetero) is 2. The minimum Gasteiger partial charge on any atom is -0.511 e. The van der Waals surface area contributed by atoms with Gasteiger partial charge in [-0.3, -0.25) is 14.4 Å². The number of carbonyl (C=O) groups is 3. The van der Waals surface area contributed by atoms with Crippen LogP contribution >= 0.6 is 0 Å². The van der Waals surface area contributed by atoms with Gasteiger partial charge in [-0.05, 0) is 61.3 Å². The Morgan fingerprint density at radius 1 is 1.10 bits per heavy atom. The third kappa shape index (κ3) is 4.47. The van der Waals surface area contributed by atoms with E-state index in [1.807, 2.05) is 19.0 Å². The topological polar surface area (TPSA) is 173 Å². The number of hydrogen-bond donors (Lipinski definition) is 6.